The number of hydrogen-bond donors (Lipinski definition) is 3. The predicted molar refractivity (Wildman–Crippen MR) is 95.8 cm³/mol. The Morgan fingerprint density at radius 2 is 2.39 bits per heavy atom. The van der Waals surface area contributed by atoms with E-state index in [2.05, 4.69) is 20.8 Å². The summed E-state index contributed by atoms with van der Waals surface area (Å²) in [6.07, 6.45) is 3.53. The number of nitrogens with one attached hydrogen (secondary N) is 3. The van der Waals surface area contributed by atoms with Crippen LogP contribution in [0.1, 0.15) is 5.69 Å². The molecule has 1 saturated heterocycles. The lowest BCUT2D eigenvalue weighted by molar-refractivity contribution is -0.906. The fraction of sp³-hybridized carbons (Fsp3) is 0.462. The highest BCUT2D eigenvalue weighted by atomic mass is 35.5. The highest BCUT2D eigenvalue weighted by molar-refractivity contribution is 7.80. The second-order valence-electron chi connectivity index (χ2n) is 5.08. The SMILES string of the molecule is S=C(NCC[NH+]1CCOCC1)N/N=C\c1c(Cl)nc2sccn12. The molecule has 3 N–H and O–H groups in total. The van der Waals surface area contributed by atoms with Crippen molar-refractivity contribution in [3.63, 3.8) is 0 Å². The zero-order chi connectivity index (χ0) is 16.1. The number of thiocarbonyl (C=S) groups is 1. The molecule has 7 nitrogen and oxygen atoms in total. The fourth-order valence-electron chi connectivity index (χ4n) is 2.35. The van der Waals surface area contributed by atoms with Gasteiger partial charge in [0.05, 0.1) is 32.5 Å². The van der Waals surface area contributed by atoms with Gasteiger partial charge in [0.25, 0.3) is 0 Å². The normalized spacial score (nSPS) is 16.2. The Morgan fingerprint density at radius 1 is 1.57 bits per heavy atom. The van der Waals surface area contributed by atoms with Gasteiger partial charge in [0, 0.05) is 11.6 Å². The number of aromatic nitrogens is 2. The van der Waals surface area contributed by atoms with Crippen LogP contribution in [0.5, 0.6) is 0 Å². The first-order valence-corrected chi connectivity index (χ1v) is 9.00. The monoisotopic (exact) mass is 373 g/mol. The molecule has 3 heterocycles. The summed E-state index contributed by atoms with van der Waals surface area (Å²) < 4.78 is 7.22. The standard InChI is InChI=1S/C13H17ClN6OS2/c14-11-10(20-5-8-23-13(20)17-11)9-16-18-12(22)15-1-2-19-3-6-21-7-4-19/h5,8-9H,1-4,6-7H2,(H2,15,18,22)/p+1/b16-9-. The van der Waals surface area contributed by atoms with Gasteiger partial charge in [-0.1, -0.05) is 11.6 Å². The van der Waals surface area contributed by atoms with Gasteiger partial charge >= 0.3 is 0 Å². The van der Waals surface area contributed by atoms with Gasteiger partial charge in [0.1, 0.15) is 18.8 Å². The molecule has 2 aromatic rings. The van der Waals surface area contributed by atoms with Crippen LogP contribution in [0.4, 0.5) is 0 Å². The smallest absolute Gasteiger partial charge is 0.195 e. The predicted octanol–water partition coefficient (Wildman–Crippen LogP) is -0.238. The first-order valence-electron chi connectivity index (χ1n) is 7.33. The second kappa shape index (κ2) is 8.02. The van der Waals surface area contributed by atoms with E-state index in [1.165, 1.54) is 16.2 Å². The number of quaternary nitrogens is 1. The molecule has 0 atom stereocenters. The molecule has 0 aromatic carbocycles. The molecule has 23 heavy (non-hydrogen) atoms. The zero-order valence-electron chi connectivity index (χ0n) is 12.4. The molecule has 0 radical (unpaired) electrons. The molecule has 0 amide bonds. The van der Waals surface area contributed by atoms with E-state index >= 15 is 0 Å². The third-order valence-electron chi connectivity index (χ3n) is 3.57. The van der Waals surface area contributed by atoms with Crippen LogP contribution in [0, 0.1) is 0 Å². The van der Waals surface area contributed by atoms with Crippen LogP contribution in [-0.4, -0.2) is 60.1 Å². The van der Waals surface area contributed by atoms with Crippen LogP contribution in [0.15, 0.2) is 16.7 Å². The number of rotatable bonds is 5. The molecule has 10 heteroatoms. The van der Waals surface area contributed by atoms with E-state index in [1.807, 2.05) is 16.0 Å². The van der Waals surface area contributed by atoms with E-state index in [0.29, 0.717) is 10.3 Å². The topological polar surface area (TPSA) is 67.4 Å². The lowest BCUT2D eigenvalue weighted by Gasteiger charge is -2.23. The van der Waals surface area contributed by atoms with Crippen molar-refractivity contribution in [3.05, 3.63) is 22.4 Å². The highest BCUT2D eigenvalue weighted by Gasteiger charge is 2.13. The minimum Gasteiger partial charge on any atom is -0.370 e. The Kier molecular flexibility index (Phi) is 5.79. The van der Waals surface area contributed by atoms with Crippen molar-refractivity contribution in [1.29, 1.82) is 0 Å². The number of nitrogens with zero attached hydrogens (tertiary/aromatic N) is 3. The molecule has 0 aliphatic carbocycles. The van der Waals surface area contributed by atoms with E-state index in [9.17, 15) is 0 Å². The number of ether oxygens (including phenoxy) is 1. The number of halogens is 1. The van der Waals surface area contributed by atoms with Gasteiger partial charge in [0.2, 0.25) is 0 Å². The first kappa shape index (κ1) is 16.6. The van der Waals surface area contributed by atoms with Crippen molar-refractivity contribution in [2.45, 2.75) is 0 Å². The Labute approximate surface area is 148 Å². The maximum Gasteiger partial charge on any atom is 0.195 e. The number of imidazole rings is 1. The average molecular weight is 374 g/mol. The van der Waals surface area contributed by atoms with Gasteiger partial charge in [-0.3, -0.25) is 9.83 Å². The Balaban J connectivity index is 1.43. The first-order chi connectivity index (χ1) is 11.2. The number of morpholine rings is 1. The summed E-state index contributed by atoms with van der Waals surface area (Å²) in [6.45, 7) is 5.60. The molecule has 0 saturated carbocycles. The van der Waals surface area contributed by atoms with E-state index in [0.717, 1.165) is 50.0 Å². The molecule has 2 aromatic heterocycles. The minimum atomic E-state index is 0.428. The van der Waals surface area contributed by atoms with Crippen molar-refractivity contribution < 1.29 is 9.64 Å². The minimum absolute atomic E-state index is 0.428. The summed E-state index contributed by atoms with van der Waals surface area (Å²) in [5.41, 5.74) is 3.53. The van der Waals surface area contributed by atoms with Crippen LogP contribution >= 0.6 is 35.2 Å². The molecular formula is C13H18ClN6OS2+. The van der Waals surface area contributed by atoms with E-state index in [1.54, 1.807) is 6.21 Å². The van der Waals surface area contributed by atoms with Crippen molar-refractivity contribution in [2.75, 3.05) is 39.4 Å². The Morgan fingerprint density at radius 3 is 3.22 bits per heavy atom. The van der Waals surface area contributed by atoms with Crippen LogP contribution < -0.4 is 15.6 Å². The summed E-state index contributed by atoms with van der Waals surface area (Å²) in [6, 6.07) is 0. The molecule has 0 bridgehead atoms. The van der Waals surface area contributed by atoms with Crippen molar-refractivity contribution >= 4 is 51.4 Å². The average Bonchev–Trinajstić information content (AvgIpc) is 3.10. The largest absolute Gasteiger partial charge is 0.370 e. The summed E-state index contributed by atoms with van der Waals surface area (Å²) in [5, 5.41) is 10.1. The van der Waals surface area contributed by atoms with Gasteiger partial charge in [-0.05, 0) is 12.2 Å². The Bertz CT molecular complexity index is 694. The zero-order valence-corrected chi connectivity index (χ0v) is 14.8. The number of fused-ring (bicyclic) bond motifs is 1. The summed E-state index contributed by atoms with van der Waals surface area (Å²) >= 11 is 12.8. The van der Waals surface area contributed by atoms with E-state index in [4.69, 9.17) is 28.6 Å². The van der Waals surface area contributed by atoms with Crippen molar-refractivity contribution in [2.24, 2.45) is 5.10 Å². The summed E-state index contributed by atoms with van der Waals surface area (Å²) in [4.78, 5) is 6.61. The lowest BCUT2D eigenvalue weighted by Crippen LogP contribution is -3.14. The van der Waals surface area contributed by atoms with Gasteiger partial charge in [-0.25, -0.2) is 4.98 Å². The third kappa shape index (κ3) is 4.39. The number of hydrogen-bond acceptors (Lipinski definition) is 5. The molecule has 0 spiro atoms. The molecule has 3 rings (SSSR count). The molecule has 1 aliphatic rings. The maximum atomic E-state index is 6.09. The molecule has 124 valence electrons. The van der Waals surface area contributed by atoms with Crippen LogP contribution in [0.3, 0.4) is 0 Å². The third-order valence-corrected chi connectivity index (χ3v) is 4.84. The fourth-order valence-corrected chi connectivity index (χ4v) is 3.49. The van der Waals surface area contributed by atoms with E-state index < -0.39 is 0 Å². The Hall–Kier alpha value is -1.26. The number of hydrazone groups is 1. The molecule has 1 aliphatic heterocycles. The number of thiazole rings is 1. The van der Waals surface area contributed by atoms with Gasteiger partial charge in [0.15, 0.2) is 15.2 Å². The lowest BCUT2D eigenvalue weighted by atomic mass is 10.4. The summed E-state index contributed by atoms with van der Waals surface area (Å²) in [5.74, 6) is 0. The van der Waals surface area contributed by atoms with Crippen LogP contribution in [0.2, 0.25) is 5.15 Å². The maximum absolute atomic E-state index is 6.09. The quantitative estimate of drug-likeness (QED) is 0.383. The second-order valence-corrected chi connectivity index (χ2v) is 6.72. The molecular weight excluding hydrogens is 356 g/mol. The van der Waals surface area contributed by atoms with Crippen LogP contribution in [-0.2, 0) is 4.74 Å². The van der Waals surface area contributed by atoms with Crippen LogP contribution in [0.25, 0.3) is 4.96 Å². The van der Waals surface area contributed by atoms with E-state index in [-0.39, 0.29) is 0 Å². The van der Waals surface area contributed by atoms with Crippen molar-refractivity contribution in [3.8, 4) is 0 Å². The summed E-state index contributed by atoms with van der Waals surface area (Å²) in [7, 11) is 0. The molecule has 1 fully saturated rings. The van der Waals surface area contributed by atoms with Gasteiger partial charge in [-0.2, -0.15) is 5.10 Å². The highest BCUT2D eigenvalue weighted by Crippen LogP contribution is 2.19. The molecule has 0 unspecified atom stereocenters. The van der Waals surface area contributed by atoms with Gasteiger partial charge < -0.3 is 15.0 Å². The van der Waals surface area contributed by atoms with Crippen molar-refractivity contribution in [1.82, 2.24) is 20.1 Å². The van der Waals surface area contributed by atoms with Gasteiger partial charge in [-0.15, -0.1) is 11.3 Å².